The highest BCUT2D eigenvalue weighted by molar-refractivity contribution is 9.10. The number of aromatic nitrogens is 3. The minimum absolute atomic E-state index is 0.250. The van der Waals surface area contributed by atoms with E-state index in [2.05, 4.69) is 31.3 Å². The van der Waals surface area contributed by atoms with Crippen LogP contribution in [0.2, 0.25) is 0 Å². The molecule has 0 aliphatic heterocycles. The summed E-state index contributed by atoms with van der Waals surface area (Å²) in [4.78, 5) is 3.95. The third kappa shape index (κ3) is 3.11. The molecule has 6 heteroatoms. The van der Waals surface area contributed by atoms with Gasteiger partial charge in [0.2, 0.25) is 0 Å². The summed E-state index contributed by atoms with van der Waals surface area (Å²) < 4.78 is 15.9. The summed E-state index contributed by atoms with van der Waals surface area (Å²) in [5.74, 6) is -0.250. The number of benzene rings is 2. The Morgan fingerprint density at radius 2 is 2.05 bits per heavy atom. The number of anilines is 1. The van der Waals surface area contributed by atoms with Crippen molar-refractivity contribution >= 4 is 21.6 Å². The van der Waals surface area contributed by atoms with Gasteiger partial charge in [0.25, 0.3) is 0 Å². The van der Waals surface area contributed by atoms with Crippen molar-refractivity contribution in [1.29, 1.82) is 0 Å². The molecule has 0 aliphatic rings. The van der Waals surface area contributed by atoms with E-state index in [1.54, 1.807) is 17.1 Å². The lowest BCUT2D eigenvalue weighted by Gasteiger charge is -2.12. The van der Waals surface area contributed by atoms with Crippen molar-refractivity contribution in [3.05, 3.63) is 71.0 Å². The number of hydrogen-bond donors (Lipinski definition) is 1. The number of nitrogens with one attached hydrogen (secondary N) is 1. The van der Waals surface area contributed by atoms with Gasteiger partial charge < -0.3 is 5.32 Å². The molecule has 0 unspecified atom stereocenters. The van der Waals surface area contributed by atoms with Gasteiger partial charge in [0.1, 0.15) is 18.5 Å². The van der Waals surface area contributed by atoms with Crippen LogP contribution in [0, 0.1) is 5.82 Å². The lowest BCUT2D eigenvalue weighted by molar-refractivity contribution is 0.625. The third-order valence-electron chi connectivity index (χ3n) is 3.05. The number of rotatable bonds is 4. The van der Waals surface area contributed by atoms with E-state index in [4.69, 9.17) is 0 Å². The molecule has 0 bridgehead atoms. The normalized spacial score (nSPS) is 10.6. The maximum absolute atomic E-state index is 13.3. The molecule has 0 spiro atoms. The maximum atomic E-state index is 13.3. The summed E-state index contributed by atoms with van der Waals surface area (Å²) >= 11 is 3.43. The van der Waals surface area contributed by atoms with Gasteiger partial charge in [0.15, 0.2) is 0 Å². The molecule has 4 nitrogen and oxygen atoms in total. The molecule has 0 atom stereocenters. The first-order valence-corrected chi connectivity index (χ1v) is 7.15. The fourth-order valence-electron chi connectivity index (χ4n) is 2.02. The van der Waals surface area contributed by atoms with Gasteiger partial charge in [-0.15, -0.1) is 0 Å². The second kappa shape index (κ2) is 6.05. The Morgan fingerprint density at radius 1 is 1.19 bits per heavy atom. The highest BCUT2D eigenvalue weighted by atomic mass is 79.9. The molecule has 1 aromatic heterocycles. The topological polar surface area (TPSA) is 42.7 Å². The molecular formula is C15H12BrFN4. The second-order valence-corrected chi connectivity index (χ2v) is 5.30. The molecule has 3 aromatic rings. The molecule has 0 saturated carbocycles. The molecule has 21 heavy (non-hydrogen) atoms. The fraction of sp³-hybridized carbons (Fsp3) is 0.0667. The highest BCUT2D eigenvalue weighted by Gasteiger charge is 2.06. The number of nitrogens with zero attached hydrogens (tertiary/aromatic N) is 3. The molecule has 106 valence electrons. The van der Waals surface area contributed by atoms with Gasteiger partial charge in [0, 0.05) is 11.0 Å². The minimum atomic E-state index is -0.250. The SMILES string of the molecule is Fc1ccc(Br)c(CNc2ccccc2-n2cncn2)c1. The maximum Gasteiger partial charge on any atom is 0.138 e. The zero-order valence-corrected chi connectivity index (χ0v) is 12.6. The fourth-order valence-corrected chi connectivity index (χ4v) is 2.41. The van der Waals surface area contributed by atoms with Crippen LogP contribution in [-0.2, 0) is 6.54 Å². The van der Waals surface area contributed by atoms with Crippen LogP contribution >= 0.6 is 15.9 Å². The summed E-state index contributed by atoms with van der Waals surface area (Å²) in [6.45, 7) is 0.504. The van der Waals surface area contributed by atoms with E-state index >= 15 is 0 Å². The van der Waals surface area contributed by atoms with Crippen LogP contribution in [-0.4, -0.2) is 14.8 Å². The van der Waals surface area contributed by atoms with Gasteiger partial charge in [-0.05, 0) is 35.9 Å². The van der Waals surface area contributed by atoms with Gasteiger partial charge in [-0.1, -0.05) is 28.1 Å². The van der Waals surface area contributed by atoms with Crippen LogP contribution in [0.4, 0.5) is 10.1 Å². The van der Waals surface area contributed by atoms with Crippen molar-refractivity contribution in [1.82, 2.24) is 14.8 Å². The summed E-state index contributed by atoms with van der Waals surface area (Å²) in [5.41, 5.74) is 2.64. The lowest BCUT2D eigenvalue weighted by Crippen LogP contribution is -2.05. The Labute approximate surface area is 129 Å². The number of hydrogen-bond acceptors (Lipinski definition) is 3. The average Bonchev–Trinajstić information content (AvgIpc) is 3.03. The van der Waals surface area contributed by atoms with E-state index < -0.39 is 0 Å². The van der Waals surface area contributed by atoms with Crippen molar-refractivity contribution in [2.75, 3.05) is 5.32 Å². The summed E-state index contributed by atoms with van der Waals surface area (Å²) in [7, 11) is 0. The Bertz CT molecular complexity index is 743. The third-order valence-corrected chi connectivity index (χ3v) is 3.82. The number of halogens is 2. The molecule has 0 fully saturated rings. The monoisotopic (exact) mass is 346 g/mol. The first-order valence-electron chi connectivity index (χ1n) is 6.36. The molecule has 0 saturated heterocycles. The lowest BCUT2D eigenvalue weighted by atomic mass is 10.2. The van der Waals surface area contributed by atoms with Gasteiger partial charge in [-0.3, -0.25) is 0 Å². The van der Waals surface area contributed by atoms with Crippen molar-refractivity contribution in [3.63, 3.8) is 0 Å². The van der Waals surface area contributed by atoms with Crippen molar-refractivity contribution in [3.8, 4) is 5.69 Å². The van der Waals surface area contributed by atoms with Crippen LogP contribution in [0.25, 0.3) is 5.69 Å². The quantitative estimate of drug-likeness (QED) is 0.781. The Hall–Kier alpha value is -2.21. The van der Waals surface area contributed by atoms with Gasteiger partial charge in [-0.2, -0.15) is 5.10 Å². The van der Waals surface area contributed by atoms with E-state index in [1.807, 2.05) is 24.3 Å². The van der Waals surface area contributed by atoms with Crippen LogP contribution in [0.3, 0.4) is 0 Å². The standard InChI is InChI=1S/C15H12BrFN4/c16-13-6-5-12(17)7-11(13)8-19-14-3-1-2-4-15(14)21-10-18-9-20-21/h1-7,9-10,19H,8H2. The molecule has 3 rings (SSSR count). The van der Waals surface area contributed by atoms with Crippen molar-refractivity contribution in [2.24, 2.45) is 0 Å². The predicted molar refractivity (Wildman–Crippen MR) is 82.8 cm³/mol. The Morgan fingerprint density at radius 3 is 2.86 bits per heavy atom. The van der Waals surface area contributed by atoms with E-state index in [-0.39, 0.29) is 5.82 Å². The highest BCUT2D eigenvalue weighted by Crippen LogP contribution is 2.22. The smallest absolute Gasteiger partial charge is 0.138 e. The summed E-state index contributed by atoms with van der Waals surface area (Å²) in [5, 5.41) is 7.43. The van der Waals surface area contributed by atoms with Crippen LogP contribution in [0.5, 0.6) is 0 Å². The molecule has 1 heterocycles. The second-order valence-electron chi connectivity index (χ2n) is 4.45. The number of para-hydroxylation sites is 2. The molecule has 0 aliphatic carbocycles. The molecule has 2 aromatic carbocycles. The summed E-state index contributed by atoms with van der Waals surface area (Å²) in [6, 6.07) is 12.4. The molecular weight excluding hydrogens is 335 g/mol. The van der Waals surface area contributed by atoms with Crippen molar-refractivity contribution in [2.45, 2.75) is 6.54 Å². The first-order chi connectivity index (χ1) is 10.2. The predicted octanol–water partition coefficient (Wildman–Crippen LogP) is 3.78. The van der Waals surface area contributed by atoms with Gasteiger partial charge in [-0.25, -0.2) is 14.1 Å². The average molecular weight is 347 g/mol. The van der Waals surface area contributed by atoms with Crippen LogP contribution in [0.15, 0.2) is 59.6 Å². The van der Waals surface area contributed by atoms with Crippen LogP contribution in [0.1, 0.15) is 5.56 Å². The molecule has 0 amide bonds. The van der Waals surface area contributed by atoms with E-state index in [9.17, 15) is 4.39 Å². The largest absolute Gasteiger partial charge is 0.379 e. The zero-order chi connectivity index (χ0) is 14.7. The first kappa shape index (κ1) is 13.8. The van der Waals surface area contributed by atoms with E-state index in [0.717, 1.165) is 21.4 Å². The van der Waals surface area contributed by atoms with E-state index in [1.165, 1.54) is 18.5 Å². The van der Waals surface area contributed by atoms with Crippen LogP contribution < -0.4 is 5.32 Å². The minimum Gasteiger partial charge on any atom is -0.379 e. The van der Waals surface area contributed by atoms with Gasteiger partial charge in [0.05, 0.1) is 11.4 Å². The zero-order valence-electron chi connectivity index (χ0n) is 11.0. The molecule has 1 N–H and O–H groups in total. The molecule has 0 radical (unpaired) electrons. The van der Waals surface area contributed by atoms with Gasteiger partial charge >= 0.3 is 0 Å². The Balaban J connectivity index is 1.84. The van der Waals surface area contributed by atoms with E-state index in [0.29, 0.717) is 6.54 Å². The Kier molecular flexibility index (Phi) is 3.96. The van der Waals surface area contributed by atoms with Crippen molar-refractivity contribution < 1.29 is 4.39 Å². The summed E-state index contributed by atoms with van der Waals surface area (Å²) in [6.07, 6.45) is 3.12.